The Morgan fingerprint density at radius 3 is 2.90 bits per heavy atom. The molecule has 0 spiro atoms. The summed E-state index contributed by atoms with van der Waals surface area (Å²) >= 11 is 0. The lowest BCUT2D eigenvalue weighted by atomic mass is 10.2. The highest BCUT2D eigenvalue weighted by Gasteiger charge is 2.25. The lowest BCUT2D eigenvalue weighted by molar-refractivity contribution is 0.0754. The molecule has 1 aromatic heterocycles. The number of anilines is 1. The molecule has 5 nitrogen and oxygen atoms in total. The molecule has 116 valence electrons. The SMILES string of the molecule is CCNc1ccc(C(=O)N(C)CC2CCCN2CC)cn1. The van der Waals surface area contributed by atoms with Gasteiger partial charge >= 0.3 is 0 Å². The van der Waals surface area contributed by atoms with Crippen LogP contribution in [0.2, 0.25) is 0 Å². The fourth-order valence-electron chi connectivity index (χ4n) is 2.94. The van der Waals surface area contributed by atoms with E-state index in [-0.39, 0.29) is 5.91 Å². The number of aromatic nitrogens is 1. The van der Waals surface area contributed by atoms with Gasteiger partial charge in [-0.3, -0.25) is 9.69 Å². The van der Waals surface area contributed by atoms with Crippen molar-refractivity contribution in [3.8, 4) is 0 Å². The minimum atomic E-state index is 0.0495. The summed E-state index contributed by atoms with van der Waals surface area (Å²) in [5.41, 5.74) is 0.653. The number of rotatable bonds is 6. The molecular formula is C16H26N4O. The Balaban J connectivity index is 1.95. The van der Waals surface area contributed by atoms with Gasteiger partial charge in [-0.15, -0.1) is 0 Å². The fourth-order valence-corrected chi connectivity index (χ4v) is 2.94. The molecule has 1 aliphatic rings. The van der Waals surface area contributed by atoms with Crippen LogP contribution in [0.5, 0.6) is 0 Å². The zero-order valence-corrected chi connectivity index (χ0v) is 13.3. The van der Waals surface area contributed by atoms with E-state index < -0.39 is 0 Å². The molecule has 5 heteroatoms. The molecule has 0 aromatic carbocycles. The third-order valence-corrected chi connectivity index (χ3v) is 4.10. The van der Waals surface area contributed by atoms with Crippen LogP contribution in [-0.4, -0.2) is 60.0 Å². The lowest BCUT2D eigenvalue weighted by Crippen LogP contribution is -2.41. The molecule has 1 aliphatic heterocycles. The first-order valence-corrected chi connectivity index (χ1v) is 7.85. The van der Waals surface area contributed by atoms with Gasteiger partial charge in [0.15, 0.2) is 0 Å². The van der Waals surface area contributed by atoms with Gasteiger partial charge in [0.25, 0.3) is 5.91 Å². The predicted molar refractivity (Wildman–Crippen MR) is 85.6 cm³/mol. The molecule has 1 saturated heterocycles. The number of carbonyl (C=O) groups is 1. The summed E-state index contributed by atoms with van der Waals surface area (Å²) in [5.74, 6) is 0.859. The Kier molecular flexibility index (Phi) is 5.56. The van der Waals surface area contributed by atoms with Crippen molar-refractivity contribution in [2.75, 3.05) is 38.5 Å². The van der Waals surface area contributed by atoms with E-state index in [0.29, 0.717) is 11.6 Å². The molecule has 1 atom stereocenters. The van der Waals surface area contributed by atoms with E-state index in [1.54, 1.807) is 6.20 Å². The predicted octanol–water partition coefficient (Wildman–Crippen LogP) is 2.07. The number of amides is 1. The average molecular weight is 290 g/mol. The van der Waals surface area contributed by atoms with E-state index in [1.807, 2.05) is 31.0 Å². The molecule has 0 radical (unpaired) electrons. The minimum absolute atomic E-state index is 0.0495. The zero-order valence-electron chi connectivity index (χ0n) is 13.3. The van der Waals surface area contributed by atoms with Crippen molar-refractivity contribution in [2.45, 2.75) is 32.7 Å². The number of hydrogen-bond acceptors (Lipinski definition) is 4. The molecule has 1 N–H and O–H groups in total. The third-order valence-electron chi connectivity index (χ3n) is 4.10. The van der Waals surface area contributed by atoms with E-state index in [0.717, 1.165) is 32.0 Å². The molecule has 0 aliphatic carbocycles. The number of likely N-dealkylation sites (N-methyl/N-ethyl adjacent to an activating group) is 2. The van der Waals surface area contributed by atoms with Crippen LogP contribution in [0.4, 0.5) is 5.82 Å². The van der Waals surface area contributed by atoms with E-state index in [4.69, 9.17) is 0 Å². The quantitative estimate of drug-likeness (QED) is 0.871. The zero-order chi connectivity index (χ0) is 15.2. The molecule has 0 bridgehead atoms. The second-order valence-electron chi connectivity index (χ2n) is 5.57. The maximum absolute atomic E-state index is 12.4. The van der Waals surface area contributed by atoms with Crippen molar-refractivity contribution in [1.82, 2.24) is 14.8 Å². The van der Waals surface area contributed by atoms with Crippen LogP contribution in [0.3, 0.4) is 0 Å². The summed E-state index contributed by atoms with van der Waals surface area (Å²) in [5, 5.41) is 3.13. The van der Waals surface area contributed by atoms with Crippen LogP contribution in [0.1, 0.15) is 37.0 Å². The highest BCUT2D eigenvalue weighted by molar-refractivity contribution is 5.93. The van der Waals surface area contributed by atoms with Crippen molar-refractivity contribution >= 4 is 11.7 Å². The lowest BCUT2D eigenvalue weighted by Gasteiger charge is -2.27. The Hall–Kier alpha value is -1.62. The van der Waals surface area contributed by atoms with Gasteiger partial charge in [0.1, 0.15) is 5.82 Å². The first kappa shape index (κ1) is 15.8. The van der Waals surface area contributed by atoms with Gasteiger partial charge < -0.3 is 10.2 Å². The first-order chi connectivity index (χ1) is 10.2. The second-order valence-corrected chi connectivity index (χ2v) is 5.57. The van der Waals surface area contributed by atoms with E-state index in [9.17, 15) is 4.79 Å². The molecule has 1 aromatic rings. The van der Waals surface area contributed by atoms with E-state index in [1.165, 1.54) is 12.8 Å². The monoisotopic (exact) mass is 290 g/mol. The van der Waals surface area contributed by atoms with Crippen molar-refractivity contribution in [2.24, 2.45) is 0 Å². The summed E-state index contributed by atoms with van der Waals surface area (Å²) in [6.07, 6.45) is 4.08. The Morgan fingerprint density at radius 2 is 2.29 bits per heavy atom. The molecule has 2 rings (SSSR count). The summed E-state index contributed by atoms with van der Waals surface area (Å²) in [7, 11) is 1.88. The van der Waals surface area contributed by atoms with Crippen molar-refractivity contribution < 1.29 is 4.79 Å². The Labute approximate surface area is 127 Å². The van der Waals surface area contributed by atoms with Crippen LogP contribution < -0.4 is 5.32 Å². The smallest absolute Gasteiger partial charge is 0.255 e. The second kappa shape index (κ2) is 7.41. The largest absolute Gasteiger partial charge is 0.370 e. The van der Waals surface area contributed by atoms with Gasteiger partial charge in [0, 0.05) is 32.4 Å². The van der Waals surface area contributed by atoms with Crippen LogP contribution in [0.15, 0.2) is 18.3 Å². The molecule has 1 fully saturated rings. The molecule has 1 amide bonds. The maximum Gasteiger partial charge on any atom is 0.255 e. The summed E-state index contributed by atoms with van der Waals surface area (Å²) in [6.45, 7) is 8.04. The van der Waals surface area contributed by atoms with Crippen molar-refractivity contribution in [1.29, 1.82) is 0 Å². The molecular weight excluding hydrogens is 264 g/mol. The minimum Gasteiger partial charge on any atom is -0.370 e. The Morgan fingerprint density at radius 1 is 1.48 bits per heavy atom. The first-order valence-electron chi connectivity index (χ1n) is 7.85. The van der Waals surface area contributed by atoms with Crippen LogP contribution in [-0.2, 0) is 0 Å². The number of hydrogen-bond donors (Lipinski definition) is 1. The standard InChI is InChI=1S/C16H26N4O/c1-4-17-15-9-8-13(11-18-15)16(21)19(3)12-14-7-6-10-20(14)5-2/h8-9,11,14H,4-7,10,12H2,1-3H3,(H,17,18). The van der Waals surface area contributed by atoms with E-state index >= 15 is 0 Å². The van der Waals surface area contributed by atoms with Gasteiger partial charge in [0.2, 0.25) is 0 Å². The van der Waals surface area contributed by atoms with E-state index in [2.05, 4.69) is 22.1 Å². The Bertz CT molecular complexity index is 460. The van der Waals surface area contributed by atoms with Crippen molar-refractivity contribution in [3.63, 3.8) is 0 Å². The number of likely N-dealkylation sites (tertiary alicyclic amines) is 1. The van der Waals surface area contributed by atoms with Gasteiger partial charge in [0.05, 0.1) is 5.56 Å². The summed E-state index contributed by atoms with van der Waals surface area (Å²) in [4.78, 5) is 21.0. The van der Waals surface area contributed by atoms with Crippen molar-refractivity contribution in [3.05, 3.63) is 23.9 Å². The molecule has 2 heterocycles. The number of nitrogens with zero attached hydrogens (tertiary/aromatic N) is 3. The number of pyridine rings is 1. The fraction of sp³-hybridized carbons (Fsp3) is 0.625. The van der Waals surface area contributed by atoms with Crippen LogP contribution >= 0.6 is 0 Å². The normalized spacial score (nSPS) is 18.7. The topological polar surface area (TPSA) is 48.5 Å². The summed E-state index contributed by atoms with van der Waals surface area (Å²) < 4.78 is 0. The molecule has 21 heavy (non-hydrogen) atoms. The molecule has 0 saturated carbocycles. The van der Waals surface area contributed by atoms with Gasteiger partial charge in [-0.1, -0.05) is 6.92 Å². The van der Waals surface area contributed by atoms with Crippen LogP contribution in [0.25, 0.3) is 0 Å². The highest BCUT2D eigenvalue weighted by Crippen LogP contribution is 2.18. The van der Waals surface area contributed by atoms with Gasteiger partial charge in [-0.2, -0.15) is 0 Å². The average Bonchev–Trinajstić information content (AvgIpc) is 2.94. The number of carbonyl (C=O) groups excluding carboxylic acids is 1. The highest BCUT2D eigenvalue weighted by atomic mass is 16.2. The molecule has 1 unspecified atom stereocenters. The van der Waals surface area contributed by atoms with Gasteiger partial charge in [-0.25, -0.2) is 4.98 Å². The summed E-state index contributed by atoms with van der Waals surface area (Å²) in [6, 6.07) is 4.20. The third kappa shape index (κ3) is 3.94. The van der Waals surface area contributed by atoms with Crippen LogP contribution in [0, 0.1) is 0 Å². The maximum atomic E-state index is 12.4. The number of nitrogens with one attached hydrogen (secondary N) is 1. The van der Waals surface area contributed by atoms with Gasteiger partial charge in [-0.05, 0) is 45.0 Å².